The zero-order chi connectivity index (χ0) is 13.8. The van der Waals surface area contributed by atoms with Gasteiger partial charge in [-0.2, -0.15) is 0 Å². The van der Waals surface area contributed by atoms with E-state index in [9.17, 15) is 4.79 Å². The number of carbonyl (C=O) groups is 1. The first-order valence-electron chi connectivity index (χ1n) is 6.83. The molecule has 0 aromatic heterocycles. The Kier molecular flexibility index (Phi) is 3.79. The predicted molar refractivity (Wildman–Crippen MR) is 77.5 cm³/mol. The molecule has 0 radical (unpaired) electrons. The SMILES string of the molecule is O=C1NC(Cc2ccccc2)COCc2ccccc21. The van der Waals surface area contributed by atoms with Crippen molar-refractivity contribution in [1.82, 2.24) is 5.32 Å². The molecule has 3 heteroatoms. The van der Waals surface area contributed by atoms with E-state index in [2.05, 4.69) is 17.4 Å². The molecule has 0 spiro atoms. The first-order valence-corrected chi connectivity index (χ1v) is 6.83. The van der Waals surface area contributed by atoms with Crippen LogP contribution in [0.1, 0.15) is 21.5 Å². The molecule has 0 saturated carbocycles. The number of ether oxygens (including phenoxy) is 1. The molecule has 3 nitrogen and oxygen atoms in total. The van der Waals surface area contributed by atoms with Crippen LogP contribution in [0.25, 0.3) is 0 Å². The molecule has 1 N–H and O–H groups in total. The van der Waals surface area contributed by atoms with Gasteiger partial charge >= 0.3 is 0 Å². The Morgan fingerprint density at radius 2 is 1.80 bits per heavy atom. The lowest BCUT2D eigenvalue weighted by Gasteiger charge is -2.23. The Morgan fingerprint density at radius 1 is 1.05 bits per heavy atom. The van der Waals surface area contributed by atoms with Crippen LogP contribution in [-0.2, 0) is 17.8 Å². The normalized spacial score (nSPS) is 18.6. The minimum atomic E-state index is -0.00942. The Morgan fingerprint density at radius 3 is 2.65 bits per heavy atom. The van der Waals surface area contributed by atoms with Crippen LogP contribution in [0.4, 0.5) is 0 Å². The van der Waals surface area contributed by atoms with Crippen LogP contribution in [-0.4, -0.2) is 18.6 Å². The molecule has 102 valence electrons. The van der Waals surface area contributed by atoms with Gasteiger partial charge in [0.25, 0.3) is 5.91 Å². The summed E-state index contributed by atoms with van der Waals surface area (Å²) in [6.45, 7) is 1.03. The highest BCUT2D eigenvalue weighted by Crippen LogP contribution is 2.14. The van der Waals surface area contributed by atoms with Gasteiger partial charge in [-0.3, -0.25) is 4.79 Å². The van der Waals surface area contributed by atoms with E-state index in [1.165, 1.54) is 5.56 Å². The molecule has 1 atom stereocenters. The van der Waals surface area contributed by atoms with Crippen LogP contribution in [0, 0.1) is 0 Å². The van der Waals surface area contributed by atoms with Crippen molar-refractivity contribution < 1.29 is 9.53 Å². The van der Waals surface area contributed by atoms with Crippen LogP contribution in [0.2, 0.25) is 0 Å². The standard InChI is InChI=1S/C17H17NO2/c19-17-16-9-5-4-8-14(16)11-20-12-15(18-17)10-13-6-2-1-3-7-13/h1-9,15H,10-12H2,(H,18,19). The van der Waals surface area contributed by atoms with Gasteiger partial charge in [0, 0.05) is 5.56 Å². The summed E-state index contributed by atoms with van der Waals surface area (Å²) < 4.78 is 5.72. The topological polar surface area (TPSA) is 38.3 Å². The predicted octanol–water partition coefficient (Wildman–Crippen LogP) is 2.56. The molecule has 1 aliphatic heterocycles. The molecule has 0 aliphatic carbocycles. The van der Waals surface area contributed by atoms with Gasteiger partial charge in [0.1, 0.15) is 0 Å². The summed E-state index contributed by atoms with van der Waals surface area (Å²) in [6.07, 6.45) is 0.786. The van der Waals surface area contributed by atoms with Crippen molar-refractivity contribution in [1.29, 1.82) is 0 Å². The van der Waals surface area contributed by atoms with Crippen molar-refractivity contribution in [3.63, 3.8) is 0 Å². The number of fused-ring (bicyclic) bond motifs is 1. The van der Waals surface area contributed by atoms with Crippen LogP contribution in [0.5, 0.6) is 0 Å². The summed E-state index contributed by atoms with van der Waals surface area (Å²) in [5.74, 6) is -0.00942. The Bertz CT molecular complexity index is 595. The molecule has 2 aromatic rings. The molecule has 0 saturated heterocycles. The smallest absolute Gasteiger partial charge is 0.251 e. The van der Waals surface area contributed by atoms with Crippen LogP contribution in [0.3, 0.4) is 0 Å². The number of hydrogen-bond acceptors (Lipinski definition) is 2. The number of nitrogens with one attached hydrogen (secondary N) is 1. The van der Waals surface area contributed by atoms with Crippen molar-refractivity contribution in [2.75, 3.05) is 6.61 Å². The van der Waals surface area contributed by atoms with Gasteiger partial charge in [0.2, 0.25) is 0 Å². The lowest BCUT2D eigenvalue weighted by Crippen LogP contribution is -2.41. The number of rotatable bonds is 2. The van der Waals surface area contributed by atoms with Gasteiger partial charge in [-0.15, -0.1) is 0 Å². The molecule has 0 fully saturated rings. The summed E-state index contributed by atoms with van der Waals surface area (Å²) in [4.78, 5) is 12.3. The zero-order valence-corrected chi connectivity index (χ0v) is 11.2. The maximum Gasteiger partial charge on any atom is 0.251 e. The van der Waals surface area contributed by atoms with Gasteiger partial charge in [0.15, 0.2) is 0 Å². The minimum absolute atomic E-state index is 0.00942. The quantitative estimate of drug-likeness (QED) is 0.908. The Balaban J connectivity index is 1.76. The lowest BCUT2D eigenvalue weighted by atomic mass is 10.0. The molecule has 1 amide bonds. The summed E-state index contributed by atoms with van der Waals surface area (Å²) in [5.41, 5.74) is 2.86. The number of carbonyl (C=O) groups excluding carboxylic acids is 1. The van der Waals surface area contributed by atoms with Crippen molar-refractivity contribution in [2.24, 2.45) is 0 Å². The van der Waals surface area contributed by atoms with E-state index in [1.54, 1.807) is 0 Å². The molecular weight excluding hydrogens is 250 g/mol. The fraction of sp³-hybridized carbons (Fsp3) is 0.235. The number of benzene rings is 2. The van der Waals surface area contributed by atoms with Crippen LogP contribution < -0.4 is 5.32 Å². The maximum atomic E-state index is 12.3. The van der Waals surface area contributed by atoms with E-state index >= 15 is 0 Å². The third-order valence-electron chi connectivity index (χ3n) is 3.50. The van der Waals surface area contributed by atoms with E-state index in [1.807, 2.05) is 42.5 Å². The Hall–Kier alpha value is -2.13. The van der Waals surface area contributed by atoms with Crippen molar-refractivity contribution >= 4 is 5.91 Å². The van der Waals surface area contributed by atoms with Gasteiger partial charge in [-0.1, -0.05) is 48.5 Å². The van der Waals surface area contributed by atoms with Gasteiger partial charge in [-0.05, 0) is 23.6 Å². The second-order valence-corrected chi connectivity index (χ2v) is 5.03. The third-order valence-corrected chi connectivity index (χ3v) is 3.50. The second kappa shape index (κ2) is 5.88. The van der Waals surface area contributed by atoms with Gasteiger partial charge in [0.05, 0.1) is 19.3 Å². The van der Waals surface area contributed by atoms with Crippen molar-refractivity contribution in [3.8, 4) is 0 Å². The lowest BCUT2D eigenvalue weighted by molar-refractivity contribution is 0.0739. The monoisotopic (exact) mass is 267 g/mol. The van der Waals surface area contributed by atoms with Crippen LogP contribution >= 0.6 is 0 Å². The van der Waals surface area contributed by atoms with Crippen molar-refractivity contribution in [3.05, 3.63) is 71.3 Å². The van der Waals surface area contributed by atoms with Crippen molar-refractivity contribution in [2.45, 2.75) is 19.1 Å². The molecule has 1 heterocycles. The third kappa shape index (κ3) is 2.89. The molecule has 3 rings (SSSR count). The summed E-state index contributed by atoms with van der Waals surface area (Å²) in [7, 11) is 0. The first kappa shape index (κ1) is 12.9. The Labute approximate surface area is 118 Å². The van der Waals surface area contributed by atoms with E-state index in [0.29, 0.717) is 18.8 Å². The molecule has 20 heavy (non-hydrogen) atoms. The van der Waals surface area contributed by atoms with E-state index in [4.69, 9.17) is 4.74 Å². The summed E-state index contributed by atoms with van der Waals surface area (Å²) >= 11 is 0. The number of amides is 1. The minimum Gasteiger partial charge on any atom is -0.375 e. The van der Waals surface area contributed by atoms with E-state index < -0.39 is 0 Å². The van der Waals surface area contributed by atoms with Crippen LogP contribution in [0.15, 0.2) is 54.6 Å². The van der Waals surface area contributed by atoms with E-state index in [0.717, 1.165) is 12.0 Å². The van der Waals surface area contributed by atoms with Gasteiger partial charge in [-0.25, -0.2) is 0 Å². The molecule has 2 aromatic carbocycles. The first-order chi connectivity index (χ1) is 9.83. The average molecular weight is 267 g/mol. The van der Waals surface area contributed by atoms with Gasteiger partial charge < -0.3 is 10.1 Å². The highest BCUT2D eigenvalue weighted by atomic mass is 16.5. The second-order valence-electron chi connectivity index (χ2n) is 5.03. The molecular formula is C17H17NO2. The summed E-state index contributed by atoms with van der Waals surface area (Å²) in [5, 5.41) is 3.06. The molecule has 0 bridgehead atoms. The summed E-state index contributed by atoms with van der Waals surface area (Å²) in [6, 6.07) is 17.8. The fourth-order valence-corrected chi connectivity index (χ4v) is 2.49. The average Bonchev–Trinajstić information content (AvgIpc) is 2.47. The number of hydrogen-bond donors (Lipinski definition) is 1. The molecule has 1 unspecified atom stereocenters. The zero-order valence-electron chi connectivity index (χ0n) is 11.2. The van der Waals surface area contributed by atoms with E-state index in [-0.39, 0.29) is 11.9 Å². The highest BCUT2D eigenvalue weighted by Gasteiger charge is 2.19. The maximum absolute atomic E-state index is 12.3. The fourth-order valence-electron chi connectivity index (χ4n) is 2.49. The largest absolute Gasteiger partial charge is 0.375 e. The highest BCUT2D eigenvalue weighted by molar-refractivity contribution is 5.95. The molecule has 1 aliphatic rings.